The number of rotatable bonds is 6. The number of esters is 2. The van der Waals surface area contributed by atoms with Crippen LogP contribution in [-0.4, -0.2) is 25.2 Å². The fraction of sp³-hybridized carbons (Fsp3) is 0.167. The Morgan fingerprint density at radius 1 is 0.679 bits per heavy atom. The standard InChI is InChI=1S/C24H22O4/c1-3-27-23(25)20-13-14-21(24(26)28-4-2)22(16-20)19-12-8-11-18(15-19)17-9-6-5-7-10-17/h5-16H,3-4H2,1-2H3. The molecule has 0 aliphatic rings. The molecule has 3 aromatic rings. The third-order valence-electron chi connectivity index (χ3n) is 4.31. The maximum atomic E-state index is 12.5. The molecule has 0 saturated carbocycles. The molecule has 0 spiro atoms. The maximum absolute atomic E-state index is 12.5. The van der Waals surface area contributed by atoms with Crippen molar-refractivity contribution in [1.29, 1.82) is 0 Å². The minimum absolute atomic E-state index is 0.280. The van der Waals surface area contributed by atoms with Crippen LogP contribution in [0.25, 0.3) is 22.3 Å². The average Bonchev–Trinajstić information content (AvgIpc) is 2.74. The number of hydrogen-bond donors (Lipinski definition) is 0. The molecular formula is C24H22O4. The largest absolute Gasteiger partial charge is 0.462 e. The first-order chi connectivity index (χ1) is 13.6. The maximum Gasteiger partial charge on any atom is 0.338 e. The molecule has 3 aromatic carbocycles. The topological polar surface area (TPSA) is 52.6 Å². The van der Waals surface area contributed by atoms with E-state index in [-0.39, 0.29) is 13.2 Å². The van der Waals surface area contributed by atoms with Crippen LogP contribution < -0.4 is 0 Å². The Balaban J connectivity index is 2.11. The van der Waals surface area contributed by atoms with Gasteiger partial charge in [0.1, 0.15) is 0 Å². The summed E-state index contributed by atoms with van der Waals surface area (Å²) in [5.74, 6) is -0.837. The van der Waals surface area contributed by atoms with Crippen LogP contribution in [-0.2, 0) is 9.47 Å². The molecule has 3 rings (SSSR count). The second-order valence-corrected chi connectivity index (χ2v) is 6.15. The van der Waals surface area contributed by atoms with Crippen molar-refractivity contribution in [2.24, 2.45) is 0 Å². The van der Waals surface area contributed by atoms with Gasteiger partial charge in [0.15, 0.2) is 0 Å². The summed E-state index contributed by atoms with van der Waals surface area (Å²) in [4.78, 5) is 24.6. The summed E-state index contributed by atoms with van der Waals surface area (Å²) in [5, 5.41) is 0. The van der Waals surface area contributed by atoms with E-state index in [1.54, 1.807) is 32.0 Å². The average molecular weight is 374 g/mol. The Hall–Kier alpha value is -3.40. The lowest BCUT2D eigenvalue weighted by molar-refractivity contribution is 0.0512. The molecule has 0 heterocycles. The molecule has 4 nitrogen and oxygen atoms in total. The zero-order valence-corrected chi connectivity index (χ0v) is 16.0. The van der Waals surface area contributed by atoms with Gasteiger partial charge in [-0.2, -0.15) is 0 Å². The first-order valence-electron chi connectivity index (χ1n) is 9.28. The molecule has 4 heteroatoms. The molecule has 0 aliphatic carbocycles. The van der Waals surface area contributed by atoms with Crippen molar-refractivity contribution in [3.8, 4) is 22.3 Å². The van der Waals surface area contributed by atoms with E-state index in [1.807, 2.05) is 54.6 Å². The molecule has 142 valence electrons. The van der Waals surface area contributed by atoms with E-state index >= 15 is 0 Å². The molecule has 0 N–H and O–H groups in total. The Kier molecular flexibility index (Phi) is 6.22. The lowest BCUT2D eigenvalue weighted by atomic mass is 9.94. The van der Waals surface area contributed by atoms with Gasteiger partial charge in [-0.1, -0.05) is 48.5 Å². The quantitative estimate of drug-likeness (QED) is 0.544. The summed E-state index contributed by atoms with van der Waals surface area (Å²) in [7, 11) is 0. The number of carbonyl (C=O) groups excluding carboxylic acids is 2. The molecule has 0 fully saturated rings. The Morgan fingerprint density at radius 3 is 2.04 bits per heavy atom. The van der Waals surface area contributed by atoms with Gasteiger partial charge in [0, 0.05) is 0 Å². The fourth-order valence-electron chi connectivity index (χ4n) is 3.01. The van der Waals surface area contributed by atoms with Gasteiger partial charge >= 0.3 is 11.9 Å². The van der Waals surface area contributed by atoms with Crippen LogP contribution >= 0.6 is 0 Å². The molecule has 0 amide bonds. The summed E-state index contributed by atoms with van der Waals surface area (Å²) in [6.45, 7) is 4.09. The van der Waals surface area contributed by atoms with Crippen molar-refractivity contribution in [3.05, 3.63) is 83.9 Å². The van der Waals surface area contributed by atoms with Crippen molar-refractivity contribution in [2.75, 3.05) is 13.2 Å². The monoisotopic (exact) mass is 374 g/mol. The van der Waals surface area contributed by atoms with Gasteiger partial charge in [0.25, 0.3) is 0 Å². The number of benzene rings is 3. The SMILES string of the molecule is CCOC(=O)c1ccc(C(=O)OCC)c(-c2cccc(-c3ccccc3)c2)c1. The number of carbonyl (C=O) groups is 2. The van der Waals surface area contributed by atoms with Crippen LogP contribution in [0.15, 0.2) is 72.8 Å². The summed E-state index contributed by atoms with van der Waals surface area (Å²) >= 11 is 0. The van der Waals surface area contributed by atoms with Crippen LogP contribution in [0.5, 0.6) is 0 Å². The van der Waals surface area contributed by atoms with E-state index in [2.05, 4.69) is 0 Å². The van der Waals surface area contributed by atoms with E-state index in [9.17, 15) is 9.59 Å². The van der Waals surface area contributed by atoms with Crippen molar-refractivity contribution in [2.45, 2.75) is 13.8 Å². The summed E-state index contributed by atoms with van der Waals surface area (Å²) in [5.41, 5.74) is 4.38. The lowest BCUT2D eigenvalue weighted by Gasteiger charge is -2.12. The minimum atomic E-state index is -0.418. The van der Waals surface area contributed by atoms with Crippen LogP contribution in [0.1, 0.15) is 34.6 Å². The van der Waals surface area contributed by atoms with E-state index in [1.165, 1.54) is 0 Å². The normalized spacial score (nSPS) is 10.4. The lowest BCUT2D eigenvalue weighted by Crippen LogP contribution is -2.09. The first-order valence-corrected chi connectivity index (χ1v) is 9.28. The van der Waals surface area contributed by atoms with Gasteiger partial charge in [0.2, 0.25) is 0 Å². The number of ether oxygens (including phenoxy) is 2. The summed E-state index contributed by atoms with van der Waals surface area (Å²) in [6, 6.07) is 22.7. The third-order valence-corrected chi connectivity index (χ3v) is 4.31. The Labute approximate surface area is 164 Å². The van der Waals surface area contributed by atoms with E-state index in [0.717, 1.165) is 16.7 Å². The highest BCUT2D eigenvalue weighted by Gasteiger charge is 2.18. The summed E-state index contributed by atoms with van der Waals surface area (Å²) < 4.78 is 10.3. The minimum Gasteiger partial charge on any atom is -0.462 e. The van der Waals surface area contributed by atoms with Crippen molar-refractivity contribution in [3.63, 3.8) is 0 Å². The van der Waals surface area contributed by atoms with E-state index in [4.69, 9.17) is 9.47 Å². The third kappa shape index (κ3) is 4.29. The summed E-state index contributed by atoms with van der Waals surface area (Å²) in [6.07, 6.45) is 0. The fourth-order valence-corrected chi connectivity index (χ4v) is 3.01. The van der Waals surface area contributed by atoms with E-state index in [0.29, 0.717) is 16.7 Å². The van der Waals surface area contributed by atoms with Gasteiger partial charge in [-0.25, -0.2) is 9.59 Å². The molecule has 0 aliphatic heterocycles. The molecule has 0 saturated heterocycles. The van der Waals surface area contributed by atoms with E-state index < -0.39 is 11.9 Å². The van der Waals surface area contributed by atoms with Crippen molar-refractivity contribution < 1.29 is 19.1 Å². The highest BCUT2D eigenvalue weighted by Crippen LogP contribution is 2.30. The Morgan fingerprint density at radius 2 is 1.32 bits per heavy atom. The van der Waals surface area contributed by atoms with Gasteiger partial charge < -0.3 is 9.47 Å². The van der Waals surface area contributed by atoms with Gasteiger partial charge in [-0.3, -0.25) is 0 Å². The van der Waals surface area contributed by atoms with Crippen LogP contribution in [0.3, 0.4) is 0 Å². The van der Waals surface area contributed by atoms with Gasteiger partial charge in [-0.05, 0) is 60.4 Å². The highest BCUT2D eigenvalue weighted by atomic mass is 16.5. The predicted molar refractivity (Wildman–Crippen MR) is 109 cm³/mol. The van der Waals surface area contributed by atoms with Crippen LogP contribution in [0.2, 0.25) is 0 Å². The number of hydrogen-bond acceptors (Lipinski definition) is 4. The second-order valence-electron chi connectivity index (χ2n) is 6.15. The van der Waals surface area contributed by atoms with Gasteiger partial charge in [0.05, 0.1) is 24.3 Å². The zero-order chi connectivity index (χ0) is 19.9. The second kappa shape index (κ2) is 9.00. The molecular weight excluding hydrogens is 352 g/mol. The smallest absolute Gasteiger partial charge is 0.338 e. The molecule has 0 unspecified atom stereocenters. The molecule has 0 radical (unpaired) electrons. The van der Waals surface area contributed by atoms with Crippen LogP contribution in [0.4, 0.5) is 0 Å². The molecule has 28 heavy (non-hydrogen) atoms. The van der Waals surface area contributed by atoms with Crippen LogP contribution in [0, 0.1) is 0 Å². The molecule has 0 aromatic heterocycles. The first kappa shape index (κ1) is 19.4. The van der Waals surface area contributed by atoms with Crippen molar-refractivity contribution in [1.82, 2.24) is 0 Å². The van der Waals surface area contributed by atoms with Crippen molar-refractivity contribution >= 4 is 11.9 Å². The Bertz CT molecular complexity index is 977. The van der Waals surface area contributed by atoms with Gasteiger partial charge in [-0.15, -0.1) is 0 Å². The molecule has 0 bridgehead atoms. The molecule has 0 atom stereocenters. The predicted octanol–water partition coefficient (Wildman–Crippen LogP) is 5.37. The highest BCUT2D eigenvalue weighted by molar-refractivity contribution is 6.00. The zero-order valence-electron chi connectivity index (χ0n) is 16.0.